The minimum Gasteiger partial charge on any atom is -0.393 e. The highest BCUT2D eigenvalue weighted by atomic mass is 16.6. The van der Waals surface area contributed by atoms with Crippen molar-refractivity contribution >= 4 is 22.4 Å². The molecule has 2 aromatic rings. The number of rotatable bonds is 1. The van der Waals surface area contributed by atoms with Crippen molar-refractivity contribution in [1.29, 1.82) is 0 Å². The van der Waals surface area contributed by atoms with Gasteiger partial charge >= 0.3 is 5.69 Å². The predicted octanol–water partition coefficient (Wildman–Crippen LogP) is 2.06. The number of anilines is 1. The first kappa shape index (κ1) is 11.8. The first-order valence-corrected chi connectivity index (χ1v) is 4.26. The van der Waals surface area contributed by atoms with Gasteiger partial charge < -0.3 is 5.73 Å². The highest BCUT2D eigenvalue weighted by molar-refractivity contribution is 5.90. The number of nitro groups is 1. The van der Waals surface area contributed by atoms with Crippen LogP contribution < -0.4 is 5.73 Å². The van der Waals surface area contributed by atoms with E-state index in [1.807, 2.05) is 0 Å². The van der Waals surface area contributed by atoms with Gasteiger partial charge in [-0.3, -0.25) is 10.1 Å². The summed E-state index contributed by atoms with van der Waals surface area (Å²) in [6.07, 6.45) is 1.48. The molecule has 2 N–H and O–H groups in total. The number of hydrogen-bond donors (Lipinski definition) is 1. The number of hydrogen-bond acceptors (Lipinski definition) is 5. The Balaban J connectivity index is 0.00000128. The molecule has 1 aromatic heterocycles. The van der Waals surface area contributed by atoms with E-state index in [-0.39, 0.29) is 24.3 Å². The lowest BCUT2D eigenvalue weighted by Crippen LogP contribution is -1.99. The smallest absolute Gasteiger partial charge is 0.319 e. The van der Waals surface area contributed by atoms with Gasteiger partial charge in [0.15, 0.2) is 5.52 Å². The Kier molecular flexibility index (Phi) is 3.03. The summed E-state index contributed by atoms with van der Waals surface area (Å²) >= 11 is 0. The number of nitrogen functional groups attached to an aromatic ring is 1. The van der Waals surface area contributed by atoms with Crippen LogP contribution in [0, 0.1) is 17.0 Å². The standard InChI is InChI=1S/C9H8N4O2.CH4/c1-5-4-11-8-7(12-5)3-2-6(10)9(8)13(14)15;/h2-4H,10H2,1H3;1H4. The normalized spacial score (nSPS) is 9.81. The predicted molar refractivity (Wildman–Crippen MR) is 62.1 cm³/mol. The Morgan fingerprint density at radius 2 is 2.12 bits per heavy atom. The largest absolute Gasteiger partial charge is 0.393 e. The number of benzene rings is 1. The molecule has 0 aliphatic rings. The first-order valence-electron chi connectivity index (χ1n) is 4.26. The molecule has 0 aliphatic carbocycles. The van der Waals surface area contributed by atoms with Crippen molar-refractivity contribution in [3.05, 3.63) is 34.1 Å². The summed E-state index contributed by atoms with van der Waals surface area (Å²) in [5.41, 5.74) is 6.86. The molecule has 0 fully saturated rings. The molecule has 0 aliphatic heterocycles. The van der Waals surface area contributed by atoms with Gasteiger partial charge in [-0.05, 0) is 19.1 Å². The van der Waals surface area contributed by atoms with Gasteiger partial charge in [0, 0.05) is 6.20 Å². The maximum Gasteiger partial charge on any atom is 0.319 e. The van der Waals surface area contributed by atoms with E-state index in [0.717, 1.165) is 0 Å². The Morgan fingerprint density at radius 1 is 1.44 bits per heavy atom. The monoisotopic (exact) mass is 220 g/mol. The van der Waals surface area contributed by atoms with E-state index >= 15 is 0 Å². The van der Waals surface area contributed by atoms with E-state index in [0.29, 0.717) is 11.2 Å². The molecule has 2 rings (SSSR count). The van der Waals surface area contributed by atoms with Crippen molar-refractivity contribution < 1.29 is 4.92 Å². The van der Waals surface area contributed by atoms with Crippen LogP contribution in [0.25, 0.3) is 11.0 Å². The molecule has 0 bridgehead atoms. The zero-order valence-corrected chi connectivity index (χ0v) is 7.97. The van der Waals surface area contributed by atoms with Crippen LogP contribution in [-0.4, -0.2) is 14.9 Å². The van der Waals surface area contributed by atoms with Gasteiger partial charge in [0.05, 0.1) is 16.1 Å². The molecule has 0 saturated carbocycles. The van der Waals surface area contributed by atoms with Crippen LogP contribution in [0.3, 0.4) is 0 Å². The van der Waals surface area contributed by atoms with E-state index in [2.05, 4.69) is 9.97 Å². The van der Waals surface area contributed by atoms with Gasteiger partial charge in [-0.15, -0.1) is 0 Å². The summed E-state index contributed by atoms with van der Waals surface area (Å²) in [5, 5.41) is 10.8. The zero-order chi connectivity index (χ0) is 11.0. The van der Waals surface area contributed by atoms with Crippen molar-refractivity contribution in [3.8, 4) is 0 Å². The van der Waals surface area contributed by atoms with Crippen LogP contribution in [0.2, 0.25) is 0 Å². The molecule has 1 heterocycles. The van der Waals surface area contributed by atoms with E-state index in [1.165, 1.54) is 12.3 Å². The Morgan fingerprint density at radius 3 is 2.75 bits per heavy atom. The lowest BCUT2D eigenvalue weighted by atomic mass is 10.2. The lowest BCUT2D eigenvalue weighted by Gasteiger charge is -2.01. The van der Waals surface area contributed by atoms with E-state index in [1.54, 1.807) is 13.0 Å². The molecule has 6 nitrogen and oxygen atoms in total. The van der Waals surface area contributed by atoms with Crippen molar-refractivity contribution in [2.24, 2.45) is 0 Å². The third-order valence-electron chi connectivity index (χ3n) is 2.02. The summed E-state index contributed by atoms with van der Waals surface area (Å²) in [7, 11) is 0. The molecule has 84 valence electrons. The Labute approximate surface area is 92.3 Å². The quantitative estimate of drug-likeness (QED) is 0.451. The minimum absolute atomic E-state index is 0. The summed E-state index contributed by atoms with van der Waals surface area (Å²) in [6.45, 7) is 1.77. The lowest BCUT2D eigenvalue weighted by molar-refractivity contribution is -0.382. The second-order valence-corrected chi connectivity index (χ2v) is 3.14. The molecule has 0 spiro atoms. The van der Waals surface area contributed by atoms with Gasteiger partial charge in [-0.1, -0.05) is 7.43 Å². The van der Waals surface area contributed by atoms with Crippen LogP contribution in [0.5, 0.6) is 0 Å². The molecule has 0 unspecified atom stereocenters. The molecule has 0 atom stereocenters. The fraction of sp³-hybridized carbons (Fsp3) is 0.200. The van der Waals surface area contributed by atoms with E-state index < -0.39 is 4.92 Å². The van der Waals surface area contributed by atoms with Crippen molar-refractivity contribution in [2.75, 3.05) is 5.73 Å². The van der Waals surface area contributed by atoms with Gasteiger partial charge in [0.1, 0.15) is 5.69 Å². The third-order valence-corrected chi connectivity index (χ3v) is 2.02. The number of aryl methyl sites for hydroxylation is 1. The molecule has 0 radical (unpaired) electrons. The molecule has 6 heteroatoms. The second-order valence-electron chi connectivity index (χ2n) is 3.14. The Bertz CT molecular complexity index is 554. The molecule has 1 aromatic carbocycles. The van der Waals surface area contributed by atoms with Gasteiger partial charge in [0.25, 0.3) is 0 Å². The number of fused-ring (bicyclic) bond motifs is 1. The SMILES string of the molecule is C.Cc1cnc2c([N+](=O)[O-])c(N)ccc2n1. The Hall–Kier alpha value is -2.24. The molecular formula is C10H12N4O2. The average molecular weight is 220 g/mol. The molecule has 0 amide bonds. The second kappa shape index (κ2) is 4.09. The third kappa shape index (κ3) is 1.77. The van der Waals surface area contributed by atoms with Gasteiger partial charge in [-0.25, -0.2) is 9.97 Å². The highest BCUT2D eigenvalue weighted by Gasteiger charge is 2.18. The summed E-state index contributed by atoms with van der Waals surface area (Å²) in [5.74, 6) is 0. The number of nitrogens with two attached hydrogens (primary N) is 1. The van der Waals surface area contributed by atoms with Crippen LogP contribution in [0.4, 0.5) is 11.4 Å². The molecular weight excluding hydrogens is 208 g/mol. The van der Waals surface area contributed by atoms with Gasteiger partial charge in [0.2, 0.25) is 0 Å². The maximum absolute atomic E-state index is 10.8. The fourth-order valence-electron chi connectivity index (χ4n) is 1.37. The maximum atomic E-state index is 10.8. The summed E-state index contributed by atoms with van der Waals surface area (Å²) in [6, 6.07) is 3.09. The van der Waals surface area contributed by atoms with Crippen molar-refractivity contribution in [2.45, 2.75) is 14.4 Å². The van der Waals surface area contributed by atoms with Crippen LogP contribution in [-0.2, 0) is 0 Å². The number of nitro benzene ring substituents is 1. The average Bonchev–Trinajstić information content (AvgIpc) is 2.17. The number of aromatic nitrogens is 2. The van der Waals surface area contributed by atoms with Gasteiger partial charge in [-0.2, -0.15) is 0 Å². The molecule has 16 heavy (non-hydrogen) atoms. The molecule has 0 saturated heterocycles. The van der Waals surface area contributed by atoms with Crippen LogP contribution >= 0.6 is 0 Å². The zero-order valence-electron chi connectivity index (χ0n) is 7.97. The van der Waals surface area contributed by atoms with Crippen molar-refractivity contribution in [1.82, 2.24) is 9.97 Å². The van der Waals surface area contributed by atoms with E-state index in [9.17, 15) is 10.1 Å². The summed E-state index contributed by atoms with van der Waals surface area (Å²) < 4.78 is 0. The minimum atomic E-state index is -0.540. The fourth-order valence-corrected chi connectivity index (χ4v) is 1.37. The van der Waals surface area contributed by atoms with E-state index in [4.69, 9.17) is 5.73 Å². The number of nitrogens with zero attached hydrogens (tertiary/aromatic N) is 3. The summed E-state index contributed by atoms with van der Waals surface area (Å²) in [4.78, 5) is 18.4. The first-order chi connectivity index (χ1) is 7.09. The van der Waals surface area contributed by atoms with Crippen LogP contribution in [0.1, 0.15) is 13.1 Å². The van der Waals surface area contributed by atoms with Crippen LogP contribution in [0.15, 0.2) is 18.3 Å². The van der Waals surface area contributed by atoms with Crippen molar-refractivity contribution in [3.63, 3.8) is 0 Å². The highest BCUT2D eigenvalue weighted by Crippen LogP contribution is 2.28. The topological polar surface area (TPSA) is 94.9 Å².